The summed E-state index contributed by atoms with van der Waals surface area (Å²) in [5.41, 5.74) is 8.06. The molecule has 4 heteroatoms. The van der Waals surface area contributed by atoms with Crippen LogP contribution in [0.3, 0.4) is 0 Å². The van der Waals surface area contributed by atoms with E-state index in [0.717, 1.165) is 11.6 Å². The van der Waals surface area contributed by atoms with E-state index in [2.05, 4.69) is 12.2 Å². The van der Waals surface area contributed by atoms with Crippen molar-refractivity contribution in [2.24, 2.45) is 5.92 Å². The maximum absolute atomic E-state index is 11.6. The minimum Gasteiger partial charge on any atom is -0.462 e. The van der Waals surface area contributed by atoms with Gasteiger partial charge in [-0.3, -0.25) is 0 Å². The monoisotopic (exact) mass is 276 g/mol. The summed E-state index contributed by atoms with van der Waals surface area (Å²) in [7, 11) is 0. The predicted molar refractivity (Wildman–Crippen MR) is 81.9 cm³/mol. The number of anilines is 2. The Balaban J connectivity index is 2.04. The van der Waals surface area contributed by atoms with Crippen molar-refractivity contribution in [3.63, 3.8) is 0 Å². The lowest BCUT2D eigenvalue weighted by atomic mass is 9.87. The Morgan fingerprint density at radius 2 is 2.25 bits per heavy atom. The Morgan fingerprint density at radius 1 is 1.45 bits per heavy atom. The second-order valence-electron chi connectivity index (χ2n) is 5.64. The van der Waals surface area contributed by atoms with E-state index in [0.29, 0.717) is 23.9 Å². The van der Waals surface area contributed by atoms with Crippen LogP contribution in [-0.2, 0) is 4.74 Å². The third-order valence-corrected chi connectivity index (χ3v) is 3.86. The summed E-state index contributed by atoms with van der Waals surface area (Å²) < 4.78 is 4.97. The Morgan fingerprint density at radius 3 is 2.90 bits per heavy atom. The highest BCUT2D eigenvalue weighted by Crippen LogP contribution is 2.28. The van der Waals surface area contributed by atoms with E-state index in [-0.39, 0.29) is 5.97 Å². The molecule has 0 saturated heterocycles. The molecule has 1 aromatic carbocycles. The second-order valence-corrected chi connectivity index (χ2v) is 5.64. The third kappa shape index (κ3) is 3.65. The molecule has 2 rings (SSSR count). The van der Waals surface area contributed by atoms with Crippen molar-refractivity contribution in [1.82, 2.24) is 0 Å². The molecule has 0 radical (unpaired) electrons. The van der Waals surface area contributed by atoms with Crippen molar-refractivity contribution in [3.05, 3.63) is 23.8 Å². The molecule has 0 bridgehead atoms. The van der Waals surface area contributed by atoms with Crippen LogP contribution >= 0.6 is 0 Å². The SMILES string of the molecule is CCOC(=O)c1ccc(NC2CCCC(C)C2)c(N)c1. The number of esters is 1. The summed E-state index contributed by atoms with van der Waals surface area (Å²) >= 11 is 0. The third-order valence-electron chi connectivity index (χ3n) is 3.86. The van der Waals surface area contributed by atoms with Gasteiger partial charge in [-0.1, -0.05) is 19.8 Å². The van der Waals surface area contributed by atoms with Crippen LogP contribution in [-0.4, -0.2) is 18.6 Å². The summed E-state index contributed by atoms with van der Waals surface area (Å²) in [5.74, 6) is 0.443. The molecule has 0 amide bonds. The van der Waals surface area contributed by atoms with Crippen molar-refractivity contribution >= 4 is 17.3 Å². The number of hydrogen-bond donors (Lipinski definition) is 2. The molecule has 0 aliphatic heterocycles. The predicted octanol–water partition coefficient (Wildman–Crippen LogP) is 3.44. The van der Waals surface area contributed by atoms with Gasteiger partial charge in [-0.05, 0) is 43.9 Å². The molecule has 0 heterocycles. The second kappa shape index (κ2) is 6.64. The summed E-state index contributed by atoms with van der Waals surface area (Å²) in [6.07, 6.45) is 4.94. The first-order valence-corrected chi connectivity index (χ1v) is 7.43. The van der Waals surface area contributed by atoms with Crippen molar-refractivity contribution in [2.75, 3.05) is 17.7 Å². The van der Waals surface area contributed by atoms with E-state index in [1.54, 1.807) is 19.1 Å². The van der Waals surface area contributed by atoms with Crippen LogP contribution in [0, 0.1) is 5.92 Å². The number of nitrogens with one attached hydrogen (secondary N) is 1. The molecule has 1 fully saturated rings. The van der Waals surface area contributed by atoms with E-state index in [4.69, 9.17) is 10.5 Å². The number of nitrogen functional groups attached to an aromatic ring is 1. The van der Waals surface area contributed by atoms with Gasteiger partial charge in [0, 0.05) is 6.04 Å². The van der Waals surface area contributed by atoms with Crippen LogP contribution in [0.4, 0.5) is 11.4 Å². The summed E-state index contributed by atoms with van der Waals surface area (Å²) in [5, 5.41) is 3.50. The Bertz CT molecular complexity index is 474. The fourth-order valence-corrected chi connectivity index (χ4v) is 2.82. The zero-order chi connectivity index (χ0) is 14.5. The smallest absolute Gasteiger partial charge is 0.338 e. The number of rotatable bonds is 4. The van der Waals surface area contributed by atoms with Crippen molar-refractivity contribution in [1.29, 1.82) is 0 Å². The Hall–Kier alpha value is -1.71. The highest BCUT2D eigenvalue weighted by molar-refractivity contribution is 5.91. The number of carbonyl (C=O) groups is 1. The first kappa shape index (κ1) is 14.7. The molecule has 2 unspecified atom stereocenters. The molecule has 2 atom stereocenters. The van der Waals surface area contributed by atoms with Gasteiger partial charge in [0.05, 0.1) is 23.5 Å². The van der Waals surface area contributed by atoms with Gasteiger partial charge in [-0.2, -0.15) is 0 Å². The van der Waals surface area contributed by atoms with Gasteiger partial charge in [0.1, 0.15) is 0 Å². The highest BCUT2D eigenvalue weighted by Gasteiger charge is 2.19. The fraction of sp³-hybridized carbons (Fsp3) is 0.562. The molecule has 20 heavy (non-hydrogen) atoms. The van der Waals surface area contributed by atoms with E-state index in [1.807, 2.05) is 6.07 Å². The average molecular weight is 276 g/mol. The van der Waals surface area contributed by atoms with Crippen molar-refractivity contribution in [2.45, 2.75) is 45.6 Å². The van der Waals surface area contributed by atoms with Gasteiger partial charge in [-0.15, -0.1) is 0 Å². The Labute approximate surface area is 120 Å². The fourth-order valence-electron chi connectivity index (χ4n) is 2.82. The van der Waals surface area contributed by atoms with Gasteiger partial charge < -0.3 is 15.8 Å². The molecule has 1 aliphatic carbocycles. The number of carbonyl (C=O) groups excluding carboxylic acids is 1. The van der Waals surface area contributed by atoms with Crippen LogP contribution < -0.4 is 11.1 Å². The van der Waals surface area contributed by atoms with Crippen LogP contribution in [0.25, 0.3) is 0 Å². The van der Waals surface area contributed by atoms with E-state index in [9.17, 15) is 4.79 Å². The molecule has 0 aromatic heterocycles. The normalized spacial score (nSPS) is 22.3. The molecule has 1 aromatic rings. The lowest BCUT2D eigenvalue weighted by Gasteiger charge is -2.28. The largest absolute Gasteiger partial charge is 0.462 e. The number of ether oxygens (including phenoxy) is 1. The molecule has 1 saturated carbocycles. The summed E-state index contributed by atoms with van der Waals surface area (Å²) in [6, 6.07) is 5.81. The van der Waals surface area contributed by atoms with Crippen LogP contribution in [0.1, 0.15) is 49.9 Å². The minimum absolute atomic E-state index is 0.322. The minimum atomic E-state index is -0.322. The molecule has 110 valence electrons. The molecule has 1 aliphatic rings. The quantitative estimate of drug-likeness (QED) is 0.653. The van der Waals surface area contributed by atoms with E-state index >= 15 is 0 Å². The lowest BCUT2D eigenvalue weighted by Crippen LogP contribution is -2.26. The number of benzene rings is 1. The molecular weight excluding hydrogens is 252 g/mol. The van der Waals surface area contributed by atoms with Crippen LogP contribution in [0.2, 0.25) is 0 Å². The van der Waals surface area contributed by atoms with Crippen LogP contribution in [0.5, 0.6) is 0 Å². The van der Waals surface area contributed by atoms with E-state index in [1.165, 1.54) is 25.7 Å². The molecular formula is C16H24N2O2. The maximum atomic E-state index is 11.6. The number of nitrogens with two attached hydrogens (primary N) is 1. The maximum Gasteiger partial charge on any atom is 0.338 e. The molecule has 3 N–H and O–H groups in total. The Kier molecular flexibility index (Phi) is 4.88. The van der Waals surface area contributed by atoms with Gasteiger partial charge in [0.25, 0.3) is 0 Å². The zero-order valence-corrected chi connectivity index (χ0v) is 12.3. The topological polar surface area (TPSA) is 64.3 Å². The van der Waals surface area contributed by atoms with Crippen LogP contribution in [0.15, 0.2) is 18.2 Å². The van der Waals surface area contributed by atoms with Gasteiger partial charge in [0.15, 0.2) is 0 Å². The molecule has 4 nitrogen and oxygen atoms in total. The van der Waals surface area contributed by atoms with E-state index < -0.39 is 0 Å². The lowest BCUT2D eigenvalue weighted by molar-refractivity contribution is 0.0526. The van der Waals surface area contributed by atoms with Gasteiger partial charge in [0.2, 0.25) is 0 Å². The van der Waals surface area contributed by atoms with Gasteiger partial charge in [-0.25, -0.2) is 4.79 Å². The van der Waals surface area contributed by atoms with Crippen molar-refractivity contribution < 1.29 is 9.53 Å². The molecule has 0 spiro atoms. The van der Waals surface area contributed by atoms with Gasteiger partial charge >= 0.3 is 5.97 Å². The summed E-state index contributed by atoms with van der Waals surface area (Å²) in [6.45, 7) is 4.46. The average Bonchev–Trinajstić information content (AvgIpc) is 2.41. The summed E-state index contributed by atoms with van der Waals surface area (Å²) in [4.78, 5) is 11.6. The first-order chi connectivity index (χ1) is 9.60. The number of hydrogen-bond acceptors (Lipinski definition) is 4. The highest BCUT2D eigenvalue weighted by atomic mass is 16.5. The first-order valence-electron chi connectivity index (χ1n) is 7.43. The zero-order valence-electron chi connectivity index (χ0n) is 12.3. The van der Waals surface area contributed by atoms with Crippen molar-refractivity contribution in [3.8, 4) is 0 Å². The standard InChI is InChI=1S/C16H24N2O2/c1-3-20-16(19)12-7-8-15(14(17)10-12)18-13-6-4-5-11(2)9-13/h7-8,10-11,13,18H,3-6,9,17H2,1-2H3.